The molecule has 0 aliphatic carbocycles. The number of halogens is 3. The summed E-state index contributed by atoms with van der Waals surface area (Å²) in [4.78, 5) is 42.1. The van der Waals surface area contributed by atoms with Gasteiger partial charge in [0.05, 0.1) is 34.4 Å². The quantitative estimate of drug-likeness (QED) is 0.402. The van der Waals surface area contributed by atoms with Gasteiger partial charge >= 0.3 is 12.2 Å². The molecule has 3 amide bonds. The monoisotopic (exact) mass is 665 g/mol. The van der Waals surface area contributed by atoms with E-state index in [1.54, 1.807) is 51.1 Å². The van der Waals surface area contributed by atoms with Crippen LogP contribution in [0.5, 0.6) is 0 Å². The van der Waals surface area contributed by atoms with Crippen LogP contribution in [-0.2, 0) is 30.7 Å². The minimum Gasteiger partial charge on any atom is -0.445 e. The Hall–Kier alpha value is -4.67. The highest BCUT2D eigenvalue weighted by Gasteiger charge is 2.45. The van der Waals surface area contributed by atoms with Crippen molar-refractivity contribution in [2.75, 3.05) is 24.2 Å². The summed E-state index contributed by atoms with van der Waals surface area (Å²) in [5.41, 5.74) is -0.979. The number of hydrogen-bond acceptors (Lipinski definition) is 10. The van der Waals surface area contributed by atoms with E-state index < -0.39 is 92.2 Å². The number of amides is 3. The topological polar surface area (TPSA) is 170 Å². The van der Waals surface area contributed by atoms with Gasteiger partial charge in [0.1, 0.15) is 24.1 Å². The van der Waals surface area contributed by atoms with Crippen molar-refractivity contribution < 1.29 is 50.0 Å². The summed E-state index contributed by atoms with van der Waals surface area (Å²) < 4.78 is 86.4. The number of alkyl halides is 2. The van der Waals surface area contributed by atoms with Gasteiger partial charge in [-0.2, -0.15) is 4.98 Å². The number of fused-ring (bicyclic) bond motifs is 1. The molecule has 1 aromatic heterocycles. The van der Waals surface area contributed by atoms with Gasteiger partial charge in [0.2, 0.25) is 17.6 Å². The number of aromatic nitrogens is 2. The smallest absolute Gasteiger partial charge is 0.410 e. The van der Waals surface area contributed by atoms with Gasteiger partial charge in [0, 0.05) is 13.0 Å². The van der Waals surface area contributed by atoms with Crippen LogP contribution in [0, 0.1) is 5.82 Å². The van der Waals surface area contributed by atoms with Gasteiger partial charge in [-0.25, -0.2) is 31.2 Å². The predicted octanol–water partition coefficient (Wildman–Crippen LogP) is 4.26. The van der Waals surface area contributed by atoms with Crippen LogP contribution in [0.25, 0.3) is 11.4 Å². The molecule has 2 aliphatic heterocycles. The molecule has 0 saturated carbocycles. The summed E-state index contributed by atoms with van der Waals surface area (Å²) in [5, 5.41) is 8.26. The number of carbonyl (C=O) groups excluding carboxylic acids is 3. The molecule has 0 bridgehead atoms. The Balaban J connectivity index is 1.35. The van der Waals surface area contributed by atoms with Crippen LogP contribution < -0.4 is 10.6 Å². The lowest BCUT2D eigenvalue weighted by molar-refractivity contribution is -0.117. The SMILES string of the molecule is CC(C)(C)OC(=O)N[C@H]1CS(=O)(=O)c2cc(F)c(-c3noc(C4CN(C(=O)OCc5ccccc5)CC(F)(F)C4)n3)cc2NC1=O. The van der Waals surface area contributed by atoms with E-state index in [-0.39, 0.29) is 24.7 Å². The average Bonchev–Trinajstić information content (AvgIpc) is 3.42. The Labute approximate surface area is 261 Å². The normalized spacial score (nSPS) is 20.6. The van der Waals surface area contributed by atoms with Gasteiger partial charge in [0.25, 0.3) is 5.92 Å². The van der Waals surface area contributed by atoms with Crippen molar-refractivity contribution in [3.05, 3.63) is 59.7 Å². The highest BCUT2D eigenvalue weighted by Crippen LogP contribution is 2.38. The highest BCUT2D eigenvalue weighted by molar-refractivity contribution is 7.91. The number of nitrogens with zero attached hydrogens (tertiary/aromatic N) is 3. The number of hydrogen-bond donors (Lipinski definition) is 2. The Morgan fingerprint density at radius 2 is 1.91 bits per heavy atom. The maximum atomic E-state index is 15.3. The van der Waals surface area contributed by atoms with Crippen LogP contribution in [0.1, 0.15) is 44.6 Å². The fourth-order valence-corrected chi connectivity index (χ4v) is 6.55. The second-order valence-electron chi connectivity index (χ2n) is 11.9. The van der Waals surface area contributed by atoms with Crippen molar-refractivity contribution >= 4 is 33.6 Å². The van der Waals surface area contributed by atoms with Crippen molar-refractivity contribution in [2.45, 2.75) is 62.2 Å². The Bertz CT molecular complexity index is 1760. The highest BCUT2D eigenvalue weighted by atomic mass is 32.2. The number of nitrogens with one attached hydrogen (secondary N) is 2. The number of sulfone groups is 1. The number of rotatable bonds is 5. The number of alkyl carbamates (subject to hydrolysis) is 1. The van der Waals surface area contributed by atoms with Crippen molar-refractivity contribution in [2.24, 2.45) is 0 Å². The third-order valence-electron chi connectivity index (χ3n) is 6.96. The molecule has 1 unspecified atom stereocenters. The van der Waals surface area contributed by atoms with E-state index in [2.05, 4.69) is 20.8 Å². The summed E-state index contributed by atoms with van der Waals surface area (Å²) >= 11 is 0. The molecule has 3 aromatic rings. The molecule has 246 valence electrons. The lowest BCUT2D eigenvalue weighted by Crippen LogP contribution is -2.49. The van der Waals surface area contributed by atoms with Crippen molar-refractivity contribution in [1.29, 1.82) is 0 Å². The molecule has 2 aromatic carbocycles. The number of benzene rings is 2. The number of piperidine rings is 1. The molecule has 0 spiro atoms. The van der Waals surface area contributed by atoms with E-state index >= 15 is 4.39 Å². The lowest BCUT2D eigenvalue weighted by atomic mass is 9.95. The third-order valence-corrected chi connectivity index (χ3v) is 8.74. The molecule has 0 radical (unpaired) electrons. The van der Waals surface area contributed by atoms with Crippen molar-refractivity contribution in [3.63, 3.8) is 0 Å². The standard InChI is InChI=1S/C29H30F3N5O8S/c1-28(2,3)44-26(39)34-21-14-46(41,42)22-10-19(30)18(9-20(22)33-24(21)38)23-35-25(45-36-23)17-11-29(31,32)15-37(12-17)27(40)43-13-16-7-5-4-6-8-16/h4-10,17,21H,11-15H2,1-3H3,(H,33,38)(H,34,39)/t17?,21-/m0/s1. The van der Waals surface area contributed by atoms with Gasteiger partial charge in [-0.1, -0.05) is 35.5 Å². The summed E-state index contributed by atoms with van der Waals surface area (Å²) in [6.07, 6.45) is -2.75. The first-order valence-corrected chi connectivity index (χ1v) is 15.7. The van der Waals surface area contributed by atoms with Crippen molar-refractivity contribution in [3.8, 4) is 11.4 Å². The van der Waals surface area contributed by atoms with Crippen molar-refractivity contribution in [1.82, 2.24) is 20.4 Å². The van der Waals surface area contributed by atoms with E-state index in [4.69, 9.17) is 14.0 Å². The average molecular weight is 666 g/mol. The Morgan fingerprint density at radius 3 is 2.61 bits per heavy atom. The molecule has 2 atom stereocenters. The number of likely N-dealkylation sites (tertiary alicyclic amines) is 1. The lowest BCUT2D eigenvalue weighted by Gasteiger charge is -2.35. The van der Waals surface area contributed by atoms with Gasteiger partial charge < -0.3 is 29.5 Å². The number of ether oxygens (including phenoxy) is 2. The zero-order chi connectivity index (χ0) is 33.4. The van der Waals surface area contributed by atoms with Crippen LogP contribution >= 0.6 is 0 Å². The van der Waals surface area contributed by atoms with Crippen LogP contribution in [0.2, 0.25) is 0 Å². The molecule has 17 heteroatoms. The minimum absolute atomic E-state index is 0.126. The first-order valence-electron chi connectivity index (χ1n) is 14.0. The molecular weight excluding hydrogens is 635 g/mol. The number of carbonyl (C=O) groups is 3. The zero-order valence-electron chi connectivity index (χ0n) is 24.9. The summed E-state index contributed by atoms with van der Waals surface area (Å²) in [6, 6.07) is 8.73. The Morgan fingerprint density at radius 1 is 1.20 bits per heavy atom. The van der Waals surface area contributed by atoms with Crippen LogP contribution in [-0.4, -0.2) is 78.0 Å². The summed E-state index contributed by atoms with van der Waals surface area (Å²) in [6.45, 7) is 3.47. The van der Waals surface area contributed by atoms with E-state index in [9.17, 15) is 31.6 Å². The number of anilines is 1. The molecular formula is C29H30F3N5O8S. The summed E-state index contributed by atoms with van der Waals surface area (Å²) in [5.74, 6) is -8.11. The minimum atomic E-state index is -4.32. The molecule has 46 heavy (non-hydrogen) atoms. The largest absolute Gasteiger partial charge is 0.445 e. The predicted molar refractivity (Wildman–Crippen MR) is 154 cm³/mol. The molecule has 13 nitrogen and oxygen atoms in total. The first kappa shape index (κ1) is 32.7. The fraction of sp³-hybridized carbons (Fsp3) is 0.414. The van der Waals surface area contributed by atoms with Gasteiger partial charge in [-0.3, -0.25) is 4.79 Å². The van der Waals surface area contributed by atoms with Gasteiger partial charge in [-0.05, 0) is 38.5 Å². The zero-order valence-corrected chi connectivity index (χ0v) is 25.7. The summed E-state index contributed by atoms with van der Waals surface area (Å²) in [7, 11) is -4.32. The van der Waals surface area contributed by atoms with E-state index in [0.717, 1.165) is 11.0 Å². The molecule has 1 fully saturated rings. The second kappa shape index (κ2) is 12.3. The van der Waals surface area contributed by atoms with Crippen LogP contribution in [0.4, 0.5) is 28.4 Å². The third kappa shape index (κ3) is 7.58. The molecule has 3 heterocycles. The van der Waals surface area contributed by atoms with Gasteiger partial charge in [0.15, 0.2) is 9.84 Å². The van der Waals surface area contributed by atoms with E-state index in [0.29, 0.717) is 11.6 Å². The Kier molecular flexibility index (Phi) is 8.72. The van der Waals surface area contributed by atoms with Crippen LogP contribution in [0.15, 0.2) is 51.9 Å². The molecule has 2 N–H and O–H groups in total. The van der Waals surface area contributed by atoms with E-state index in [1.807, 2.05) is 0 Å². The maximum Gasteiger partial charge on any atom is 0.410 e. The molecule has 2 aliphatic rings. The second-order valence-corrected chi connectivity index (χ2v) is 13.9. The fourth-order valence-electron chi connectivity index (χ4n) is 4.97. The molecule has 5 rings (SSSR count). The van der Waals surface area contributed by atoms with E-state index in [1.165, 1.54) is 0 Å². The first-order chi connectivity index (χ1) is 21.5. The molecule has 1 saturated heterocycles. The van der Waals surface area contributed by atoms with Gasteiger partial charge in [-0.15, -0.1) is 0 Å². The van der Waals surface area contributed by atoms with Crippen LogP contribution in [0.3, 0.4) is 0 Å². The maximum absolute atomic E-state index is 15.3.